The third-order valence-corrected chi connectivity index (χ3v) is 2.96. The fraction of sp³-hybridized carbons (Fsp3) is 0.500. The molecular formula is C12H17ClFNO. The number of aliphatic hydroxyl groups is 1. The second-order valence-corrected chi connectivity index (χ2v) is 4.25. The Balaban J connectivity index is 2.76. The van der Waals surface area contributed by atoms with Gasteiger partial charge in [0.15, 0.2) is 0 Å². The molecule has 1 aromatic carbocycles. The first-order chi connectivity index (χ1) is 7.58. The molecule has 1 aromatic rings. The summed E-state index contributed by atoms with van der Waals surface area (Å²) in [6, 6.07) is 4.38. The van der Waals surface area contributed by atoms with Gasteiger partial charge >= 0.3 is 0 Å². The maximum Gasteiger partial charge on any atom is 0.124 e. The van der Waals surface area contributed by atoms with Gasteiger partial charge in [-0.1, -0.05) is 24.6 Å². The minimum Gasteiger partial charge on any atom is -0.395 e. The molecule has 0 fully saturated rings. The van der Waals surface area contributed by atoms with Crippen LogP contribution in [0, 0.1) is 5.82 Å². The SMILES string of the molecule is CC[C@@H](CO)NC(C)c1ccc(F)cc1Cl. The van der Waals surface area contributed by atoms with Crippen LogP contribution < -0.4 is 5.32 Å². The zero-order valence-electron chi connectivity index (χ0n) is 9.50. The van der Waals surface area contributed by atoms with E-state index in [4.69, 9.17) is 16.7 Å². The van der Waals surface area contributed by atoms with Gasteiger partial charge in [0.1, 0.15) is 5.82 Å². The van der Waals surface area contributed by atoms with Crippen molar-refractivity contribution >= 4 is 11.6 Å². The molecule has 90 valence electrons. The van der Waals surface area contributed by atoms with Crippen molar-refractivity contribution in [2.45, 2.75) is 32.4 Å². The molecule has 0 amide bonds. The maximum absolute atomic E-state index is 12.9. The van der Waals surface area contributed by atoms with Gasteiger partial charge in [-0.15, -0.1) is 0 Å². The van der Waals surface area contributed by atoms with Crippen LogP contribution in [-0.2, 0) is 0 Å². The first-order valence-corrected chi connectivity index (χ1v) is 5.78. The van der Waals surface area contributed by atoms with Gasteiger partial charge < -0.3 is 10.4 Å². The van der Waals surface area contributed by atoms with Crippen molar-refractivity contribution in [3.8, 4) is 0 Å². The van der Waals surface area contributed by atoms with Crippen molar-refractivity contribution in [1.29, 1.82) is 0 Å². The Bertz CT molecular complexity index is 342. The molecule has 2 atom stereocenters. The molecule has 2 nitrogen and oxygen atoms in total. The van der Waals surface area contributed by atoms with E-state index in [1.165, 1.54) is 12.1 Å². The summed E-state index contributed by atoms with van der Waals surface area (Å²) in [7, 11) is 0. The lowest BCUT2D eigenvalue weighted by molar-refractivity contribution is 0.230. The zero-order valence-corrected chi connectivity index (χ0v) is 10.3. The lowest BCUT2D eigenvalue weighted by Crippen LogP contribution is -2.34. The van der Waals surface area contributed by atoms with Gasteiger partial charge in [-0.05, 0) is 31.0 Å². The van der Waals surface area contributed by atoms with Crippen molar-refractivity contribution in [2.75, 3.05) is 6.61 Å². The molecule has 0 saturated carbocycles. The monoisotopic (exact) mass is 245 g/mol. The van der Waals surface area contributed by atoms with Crippen LogP contribution in [0.2, 0.25) is 5.02 Å². The Morgan fingerprint density at radius 3 is 2.69 bits per heavy atom. The minimum atomic E-state index is -0.338. The maximum atomic E-state index is 12.9. The smallest absolute Gasteiger partial charge is 0.124 e. The molecule has 16 heavy (non-hydrogen) atoms. The topological polar surface area (TPSA) is 32.3 Å². The summed E-state index contributed by atoms with van der Waals surface area (Å²) in [6.07, 6.45) is 0.833. The number of aliphatic hydroxyl groups excluding tert-OH is 1. The van der Waals surface area contributed by atoms with E-state index in [-0.39, 0.29) is 24.5 Å². The van der Waals surface area contributed by atoms with E-state index in [2.05, 4.69) is 5.32 Å². The zero-order chi connectivity index (χ0) is 12.1. The molecule has 0 saturated heterocycles. The van der Waals surface area contributed by atoms with Crippen LogP contribution in [-0.4, -0.2) is 17.8 Å². The molecule has 0 heterocycles. The molecule has 1 unspecified atom stereocenters. The molecule has 0 aliphatic heterocycles. The molecule has 1 rings (SSSR count). The van der Waals surface area contributed by atoms with Crippen LogP contribution in [0.1, 0.15) is 31.9 Å². The number of hydrogen-bond donors (Lipinski definition) is 2. The van der Waals surface area contributed by atoms with Crippen molar-refractivity contribution in [2.24, 2.45) is 0 Å². The van der Waals surface area contributed by atoms with E-state index in [0.29, 0.717) is 5.02 Å². The highest BCUT2D eigenvalue weighted by molar-refractivity contribution is 6.31. The van der Waals surface area contributed by atoms with Gasteiger partial charge in [0.2, 0.25) is 0 Å². The standard InChI is InChI=1S/C12H17ClFNO/c1-3-10(7-16)15-8(2)11-5-4-9(14)6-12(11)13/h4-6,8,10,15-16H,3,7H2,1-2H3/t8?,10-/m0/s1. The summed E-state index contributed by atoms with van der Waals surface area (Å²) in [5, 5.41) is 12.7. The quantitative estimate of drug-likeness (QED) is 0.836. The summed E-state index contributed by atoms with van der Waals surface area (Å²) in [5.74, 6) is -0.338. The van der Waals surface area contributed by atoms with E-state index in [1.807, 2.05) is 13.8 Å². The van der Waals surface area contributed by atoms with E-state index >= 15 is 0 Å². The van der Waals surface area contributed by atoms with Gasteiger partial charge in [-0.25, -0.2) is 4.39 Å². The Labute approximate surface area is 100 Å². The third-order valence-electron chi connectivity index (χ3n) is 2.63. The molecular weight excluding hydrogens is 229 g/mol. The first-order valence-electron chi connectivity index (χ1n) is 5.40. The highest BCUT2D eigenvalue weighted by Gasteiger charge is 2.13. The van der Waals surface area contributed by atoms with E-state index < -0.39 is 0 Å². The van der Waals surface area contributed by atoms with Crippen LogP contribution in [0.4, 0.5) is 4.39 Å². The lowest BCUT2D eigenvalue weighted by Gasteiger charge is -2.21. The van der Waals surface area contributed by atoms with Gasteiger partial charge in [-0.2, -0.15) is 0 Å². The average molecular weight is 246 g/mol. The number of benzene rings is 1. The summed E-state index contributed by atoms with van der Waals surface area (Å²) < 4.78 is 12.9. The summed E-state index contributed by atoms with van der Waals surface area (Å²) in [5.41, 5.74) is 0.843. The summed E-state index contributed by atoms with van der Waals surface area (Å²) in [4.78, 5) is 0. The molecule has 4 heteroatoms. The van der Waals surface area contributed by atoms with Crippen LogP contribution in [0.5, 0.6) is 0 Å². The largest absolute Gasteiger partial charge is 0.395 e. The highest BCUT2D eigenvalue weighted by Crippen LogP contribution is 2.24. The van der Waals surface area contributed by atoms with Crippen LogP contribution >= 0.6 is 11.6 Å². The van der Waals surface area contributed by atoms with Gasteiger partial charge in [0.05, 0.1) is 6.61 Å². The Kier molecular flexibility index (Phi) is 5.19. The van der Waals surface area contributed by atoms with Crippen LogP contribution in [0.3, 0.4) is 0 Å². The summed E-state index contributed by atoms with van der Waals surface area (Å²) >= 11 is 5.95. The van der Waals surface area contributed by atoms with Gasteiger partial charge in [-0.3, -0.25) is 0 Å². The summed E-state index contributed by atoms with van der Waals surface area (Å²) in [6.45, 7) is 4.02. The fourth-order valence-corrected chi connectivity index (χ4v) is 1.93. The number of rotatable bonds is 5. The van der Waals surface area contributed by atoms with Crippen LogP contribution in [0.15, 0.2) is 18.2 Å². The molecule has 0 aromatic heterocycles. The van der Waals surface area contributed by atoms with E-state index in [0.717, 1.165) is 12.0 Å². The van der Waals surface area contributed by atoms with Gasteiger partial charge in [0, 0.05) is 17.1 Å². The Hall–Kier alpha value is -0.640. The number of nitrogens with one attached hydrogen (secondary N) is 1. The van der Waals surface area contributed by atoms with Crippen molar-refractivity contribution in [3.63, 3.8) is 0 Å². The predicted molar refractivity (Wildman–Crippen MR) is 64.1 cm³/mol. The number of hydrogen-bond acceptors (Lipinski definition) is 2. The van der Waals surface area contributed by atoms with Crippen molar-refractivity contribution in [3.05, 3.63) is 34.6 Å². The Morgan fingerprint density at radius 2 is 2.19 bits per heavy atom. The third kappa shape index (κ3) is 3.44. The average Bonchev–Trinajstić information content (AvgIpc) is 2.25. The predicted octanol–water partition coefficient (Wildman–Crippen LogP) is 2.90. The molecule has 0 spiro atoms. The second kappa shape index (κ2) is 6.18. The van der Waals surface area contributed by atoms with E-state index in [1.54, 1.807) is 6.07 Å². The fourth-order valence-electron chi connectivity index (χ4n) is 1.60. The molecule has 0 aliphatic rings. The number of halogens is 2. The minimum absolute atomic E-state index is 0.00907. The normalized spacial score (nSPS) is 14.8. The highest BCUT2D eigenvalue weighted by atomic mass is 35.5. The Morgan fingerprint density at radius 1 is 1.50 bits per heavy atom. The second-order valence-electron chi connectivity index (χ2n) is 3.84. The van der Waals surface area contributed by atoms with Gasteiger partial charge in [0.25, 0.3) is 0 Å². The van der Waals surface area contributed by atoms with Crippen molar-refractivity contribution < 1.29 is 9.50 Å². The first kappa shape index (κ1) is 13.4. The lowest BCUT2D eigenvalue weighted by atomic mass is 10.1. The molecule has 2 N–H and O–H groups in total. The molecule has 0 radical (unpaired) electrons. The molecule has 0 aliphatic carbocycles. The van der Waals surface area contributed by atoms with Crippen LogP contribution in [0.25, 0.3) is 0 Å². The molecule has 0 bridgehead atoms. The van der Waals surface area contributed by atoms with Crippen molar-refractivity contribution in [1.82, 2.24) is 5.32 Å². The van der Waals surface area contributed by atoms with E-state index in [9.17, 15) is 4.39 Å².